The minimum atomic E-state index is -5.19. The maximum atomic E-state index is 15.3. The van der Waals surface area contributed by atoms with Gasteiger partial charge in [0.1, 0.15) is 5.97 Å². The van der Waals surface area contributed by atoms with E-state index >= 15 is 8.78 Å². The first kappa shape index (κ1) is 31.3. The molecule has 3 heterocycles. The van der Waals surface area contributed by atoms with Gasteiger partial charge in [-0.05, 0) is 51.5 Å². The van der Waals surface area contributed by atoms with Gasteiger partial charge in [0.05, 0.1) is 57.2 Å². The zero-order valence-electron chi connectivity index (χ0n) is 22.3. The summed E-state index contributed by atoms with van der Waals surface area (Å²) in [6, 6.07) is 1.70. The molecule has 0 radical (unpaired) electrons. The third-order valence-electron chi connectivity index (χ3n) is 7.09. The molecule has 220 valence electrons. The van der Waals surface area contributed by atoms with E-state index in [1.807, 2.05) is 6.92 Å². The number of nitrogens with one attached hydrogen (secondary N) is 2. The number of halogens is 5. The van der Waals surface area contributed by atoms with E-state index in [1.165, 1.54) is 76.0 Å². The maximum Gasteiger partial charge on any atom is 0.430 e. The summed E-state index contributed by atoms with van der Waals surface area (Å²) < 4.78 is 74.2. The number of carbonyl (C=O) groups excluding carboxylic acids is 1. The molecule has 2 fully saturated rings. The number of hydrogen-bond acceptors (Lipinski definition) is 5. The van der Waals surface area contributed by atoms with Gasteiger partial charge in [-0.3, -0.25) is 0 Å². The highest BCUT2D eigenvalue weighted by atomic mass is 32.1. The van der Waals surface area contributed by atoms with Crippen molar-refractivity contribution in [3.05, 3.63) is 22.6 Å². The highest BCUT2D eigenvalue weighted by Crippen LogP contribution is 2.43. The number of aryl methyl sites for hydroxylation is 1. The second-order valence-electron chi connectivity index (χ2n) is 10.2. The van der Waals surface area contributed by atoms with Crippen molar-refractivity contribution >= 4 is 27.4 Å². The minimum absolute atomic E-state index is 0.0455. The predicted molar refractivity (Wildman–Crippen MR) is 137 cm³/mol. The number of carboxylic acid groups (broad SMARTS) is 1. The van der Waals surface area contributed by atoms with Gasteiger partial charge in [-0.2, -0.15) is 13.2 Å². The number of hydrogen-bond donors (Lipinski definition) is 2. The number of rotatable bonds is 10. The van der Waals surface area contributed by atoms with Crippen LogP contribution in [0.1, 0.15) is 56.2 Å². The molecule has 2 saturated heterocycles. The summed E-state index contributed by atoms with van der Waals surface area (Å²) in [5.74, 6) is -4.08. The minimum Gasteiger partial charge on any atom is -0.542 e. The van der Waals surface area contributed by atoms with Crippen molar-refractivity contribution in [3.63, 3.8) is 0 Å². The van der Waals surface area contributed by atoms with E-state index in [4.69, 9.17) is 19.4 Å². The number of carbonyl (C=O) groups is 1. The largest absolute Gasteiger partial charge is 0.542 e. The number of aliphatic carboxylic acids is 1. The normalized spacial score (nSPS) is 17.1. The van der Waals surface area contributed by atoms with Gasteiger partial charge in [0.15, 0.2) is 11.6 Å². The zero-order chi connectivity index (χ0) is 28.4. The Balaban J connectivity index is 0.000000532. The van der Waals surface area contributed by atoms with Gasteiger partial charge >= 0.3 is 6.18 Å². The second-order valence-corrected chi connectivity index (χ2v) is 11.5. The average molecular weight is 582 g/mol. The molecule has 39 heavy (non-hydrogen) atoms. The van der Waals surface area contributed by atoms with Gasteiger partial charge in [0, 0.05) is 23.1 Å². The number of quaternary nitrogens is 2. The van der Waals surface area contributed by atoms with Crippen LogP contribution in [-0.4, -0.2) is 64.6 Å². The number of fused-ring (bicyclic) bond motifs is 1. The lowest BCUT2D eigenvalue weighted by Gasteiger charge is -2.24. The highest BCUT2D eigenvalue weighted by molar-refractivity contribution is 7.19. The number of piperidine rings is 2. The molecule has 2 aliphatic heterocycles. The summed E-state index contributed by atoms with van der Waals surface area (Å²) in [4.78, 5) is 12.8. The van der Waals surface area contributed by atoms with E-state index in [1.54, 1.807) is 15.9 Å². The van der Waals surface area contributed by atoms with Crippen molar-refractivity contribution in [1.29, 1.82) is 0 Å². The Morgan fingerprint density at radius 1 is 0.872 bits per heavy atom. The number of carboxylic acids is 1. The fourth-order valence-corrected chi connectivity index (χ4v) is 6.06. The van der Waals surface area contributed by atoms with Gasteiger partial charge in [-0.1, -0.05) is 0 Å². The quantitative estimate of drug-likeness (QED) is 0.334. The van der Waals surface area contributed by atoms with Crippen LogP contribution in [0, 0.1) is 18.6 Å². The first-order valence-electron chi connectivity index (χ1n) is 13.7. The molecule has 12 heteroatoms. The third kappa shape index (κ3) is 9.46. The highest BCUT2D eigenvalue weighted by Gasteiger charge is 2.29. The van der Waals surface area contributed by atoms with Gasteiger partial charge < -0.3 is 29.2 Å². The Kier molecular flexibility index (Phi) is 12.1. The summed E-state index contributed by atoms with van der Waals surface area (Å²) >= 11 is 1.27. The summed E-state index contributed by atoms with van der Waals surface area (Å²) in [6.45, 7) is 9.47. The SMILES string of the molecule is Cc1cc2c(F)c(OCCC[NH+]3CCCCC3)c(OCCC[NH+]3CCCCC3)c(F)c2s1.O=C([O-])C(F)(F)F. The number of benzene rings is 1. The van der Waals surface area contributed by atoms with Crippen molar-refractivity contribution in [2.24, 2.45) is 0 Å². The van der Waals surface area contributed by atoms with Crippen LogP contribution in [0.15, 0.2) is 6.07 Å². The number of thiophene rings is 1. The molecular weight excluding hydrogens is 543 g/mol. The van der Waals surface area contributed by atoms with Gasteiger partial charge in [0.2, 0.25) is 11.5 Å². The van der Waals surface area contributed by atoms with Crippen LogP contribution in [0.5, 0.6) is 11.5 Å². The van der Waals surface area contributed by atoms with E-state index in [2.05, 4.69) is 0 Å². The lowest BCUT2D eigenvalue weighted by molar-refractivity contribution is -0.905. The monoisotopic (exact) mass is 581 g/mol. The van der Waals surface area contributed by atoms with Crippen LogP contribution in [0.3, 0.4) is 0 Å². The fourth-order valence-electron chi connectivity index (χ4n) is 5.12. The Labute approximate surface area is 229 Å². The van der Waals surface area contributed by atoms with E-state index < -0.39 is 23.8 Å². The Hall–Kier alpha value is -2.18. The molecule has 0 atom stereocenters. The van der Waals surface area contributed by atoms with Crippen LogP contribution in [0.4, 0.5) is 22.0 Å². The van der Waals surface area contributed by atoms with Crippen LogP contribution in [-0.2, 0) is 4.79 Å². The first-order chi connectivity index (χ1) is 18.6. The summed E-state index contributed by atoms with van der Waals surface area (Å²) in [5.41, 5.74) is 0. The van der Waals surface area contributed by atoms with Gasteiger partial charge in [0.25, 0.3) is 0 Å². The van der Waals surface area contributed by atoms with Crippen LogP contribution in [0.25, 0.3) is 10.1 Å². The average Bonchev–Trinajstić information content (AvgIpc) is 3.31. The molecule has 0 aliphatic carbocycles. The second kappa shape index (κ2) is 15.0. The Morgan fingerprint density at radius 3 is 1.74 bits per heavy atom. The lowest BCUT2D eigenvalue weighted by Crippen LogP contribution is -3.12. The molecule has 1 aromatic heterocycles. The molecule has 0 saturated carbocycles. The van der Waals surface area contributed by atoms with E-state index in [9.17, 15) is 13.2 Å². The molecule has 0 bridgehead atoms. The van der Waals surface area contributed by atoms with Crippen molar-refractivity contribution in [3.8, 4) is 11.5 Å². The van der Waals surface area contributed by atoms with Crippen molar-refractivity contribution in [2.75, 3.05) is 52.5 Å². The third-order valence-corrected chi connectivity index (χ3v) is 8.13. The maximum absolute atomic E-state index is 15.3. The van der Waals surface area contributed by atoms with Crippen LogP contribution in [0.2, 0.25) is 0 Å². The fraction of sp³-hybridized carbons (Fsp3) is 0.667. The molecule has 2 N–H and O–H groups in total. The zero-order valence-corrected chi connectivity index (χ0v) is 23.1. The Bertz CT molecular complexity index is 998. The topological polar surface area (TPSA) is 67.5 Å². The molecule has 2 aromatic rings. The first-order valence-corrected chi connectivity index (χ1v) is 14.5. The van der Waals surface area contributed by atoms with E-state index in [-0.39, 0.29) is 11.5 Å². The summed E-state index contributed by atoms with van der Waals surface area (Å²) in [7, 11) is 0. The lowest BCUT2D eigenvalue weighted by atomic mass is 10.1. The number of ether oxygens (including phenoxy) is 2. The van der Waals surface area contributed by atoms with Gasteiger partial charge in [-0.15, -0.1) is 11.3 Å². The molecule has 1 aromatic carbocycles. The molecule has 0 spiro atoms. The molecule has 6 nitrogen and oxygen atoms in total. The smallest absolute Gasteiger partial charge is 0.430 e. The van der Waals surface area contributed by atoms with Gasteiger partial charge in [-0.25, -0.2) is 8.78 Å². The molecular formula is C27H38F5N2O4S+. The summed E-state index contributed by atoms with van der Waals surface area (Å²) in [5, 5.41) is 9.08. The Morgan fingerprint density at radius 2 is 1.31 bits per heavy atom. The molecule has 0 unspecified atom stereocenters. The molecule has 0 amide bonds. The standard InChI is InChI=1S/C25H36F2N2O2S.C2HF3O2/c1-19-18-20-21(26)23(30-16-8-14-28-10-4-2-5-11-28)24(22(27)25(20)32-19)31-17-9-15-29-12-6-3-7-13-29;3-2(4,5)1(6)7/h18H,2-17H2,1H3;(H,6,7)/p+1. The summed E-state index contributed by atoms with van der Waals surface area (Å²) in [6.07, 6.45) is 4.23. The number of likely N-dealkylation sites (tertiary alicyclic amines) is 2. The molecule has 4 rings (SSSR count). The van der Waals surface area contributed by atoms with E-state index in [0.29, 0.717) is 23.3 Å². The van der Waals surface area contributed by atoms with Crippen LogP contribution < -0.4 is 24.4 Å². The number of alkyl halides is 3. The van der Waals surface area contributed by atoms with Crippen molar-refractivity contribution in [1.82, 2.24) is 0 Å². The predicted octanol–water partition coefficient (Wildman–Crippen LogP) is 2.46. The van der Waals surface area contributed by atoms with Crippen LogP contribution >= 0.6 is 11.3 Å². The van der Waals surface area contributed by atoms with E-state index in [0.717, 1.165) is 30.8 Å². The molecule has 2 aliphatic rings. The van der Waals surface area contributed by atoms with Crippen molar-refractivity contribution < 1.29 is 51.1 Å². The van der Waals surface area contributed by atoms with Crippen molar-refractivity contribution in [2.45, 2.75) is 64.5 Å².